The van der Waals surface area contributed by atoms with Crippen molar-refractivity contribution in [2.45, 2.75) is 6.92 Å². The van der Waals surface area contributed by atoms with Gasteiger partial charge in [-0.25, -0.2) is 9.78 Å². The first kappa shape index (κ1) is 11.5. The van der Waals surface area contributed by atoms with E-state index in [9.17, 15) is 4.79 Å². The molecule has 1 unspecified atom stereocenters. The molecule has 0 saturated carbocycles. The molecular formula is C10H13NO4. The maximum absolute atomic E-state index is 10.7. The molecule has 1 aromatic heterocycles. The third-order valence-electron chi connectivity index (χ3n) is 1.81. The van der Waals surface area contributed by atoms with Gasteiger partial charge in [-0.3, -0.25) is 0 Å². The van der Waals surface area contributed by atoms with E-state index in [4.69, 9.17) is 14.9 Å². The van der Waals surface area contributed by atoms with Crippen LogP contribution in [0.2, 0.25) is 0 Å². The van der Waals surface area contributed by atoms with E-state index in [1.807, 2.05) is 0 Å². The van der Waals surface area contributed by atoms with Crippen molar-refractivity contribution in [1.29, 1.82) is 0 Å². The number of aliphatic hydroxyl groups is 1. The Morgan fingerprint density at radius 2 is 2.40 bits per heavy atom. The van der Waals surface area contributed by atoms with Crippen LogP contribution < -0.4 is 4.74 Å². The van der Waals surface area contributed by atoms with Gasteiger partial charge in [0.05, 0.1) is 6.61 Å². The Kier molecular flexibility index (Phi) is 4.05. The lowest BCUT2D eigenvalue weighted by Gasteiger charge is -2.11. The molecule has 0 spiro atoms. The minimum Gasteiger partial charge on any atom is -0.491 e. The molecule has 0 aromatic carbocycles. The third-order valence-corrected chi connectivity index (χ3v) is 1.81. The van der Waals surface area contributed by atoms with Crippen LogP contribution in [-0.2, 0) is 0 Å². The fourth-order valence-corrected chi connectivity index (χ4v) is 0.952. The van der Waals surface area contributed by atoms with Crippen molar-refractivity contribution in [1.82, 2.24) is 4.98 Å². The predicted molar refractivity (Wildman–Crippen MR) is 52.9 cm³/mol. The topological polar surface area (TPSA) is 79.7 Å². The van der Waals surface area contributed by atoms with E-state index in [0.717, 1.165) is 0 Å². The number of ether oxygens (including phenoxy) is 1. The Balaban J connectivity index is 2.72. The first-order chi connectivity index (χ1) is 7.15. The van der Waals surface area contributed by atoms with E-state index in [1.165, 1.54) is 6.20 Å². The summed E-state index contributed by atoms with van der Waals surface area (Å²) >= 11 is 0. The number of rotatable bonds is 5. The van der Waals surface area contributed by atoms with Crippen LogP contribution in [0.5, 0.6) is 5.75 Å². The summed E-state index contributed by atoms with van der Waals surface area (Å²) in [7, 11) is 0. The first-order valence-corrected chi connectivity index (χ1v) is 4.57. The third kappa shape index (κ3) is 3.21. The Hall–Kier alpha value is -1.62. The molecule has 0 amide bonds. The maximum atomic E-state index is 10.7. The van der Waals surface area contributed by atoms with E-state index in [0.29, 0.717) is 0 Å². The number of nitrogens with zero attached hydrogens (tertiary/aromatic N) is 1. The lowest BCUT2D eigenvalue weighted by atomic mass is 10.2. The molecule has 5 heteroatoms. The zero-order chi connectivity index (χ0) is 11.3. The quantitative estimate of drug-likeness (QED) is 0.752. The molecule has 0 aliphatic carbocycles. The Morgan fingerprint density at radius 3 is 3.00 bits per heavy atom. The van der Waals surface area contributed by atoms with Gasteiger partial charge in [0.2, 0.25) is 0 Å². The Bertz CT molecular complexity index is 340. The highest BCUT2D eigenvalue weighted by atomic mass is 16.5. The highest BCUT2D eigenvalue weighted by Crippen LogP contribution is 2.15. The highest BCUT2D eigenvalue weighted by Gasteiger charge is 2.12. The normalized spacial score (nSPS) is 12.1. The van der Waals surface area contributed by atoms with E-state index in [1.54, 1.807) is 19.1 Å². The lowest BCUT2D eigenvalue weighted by Crippen LogP contribution is -2.14. The SMILES string of the molecule is CC(CO)COc1cccnc1C(=O)O. The molecule has 0 saturated heterocycles. The molecule has 15 heavy (non-hydrogen) atoms. The van der Waals surface area contributed by atoms with Gasteiger partial charge in [-0.05, 0) is 12.1 Å². The summed E-state index contributed by atoms with van der Waals surface area (Å²) in [5, 5.41) is 17.6. The molecule has 0 bridgehead atoms. The van der Waals surface area contributed by atoms with Crippen LogP contribution in [0.25, 0.3) is 0 Å². The summed E-state index contributed by atoms with van der Waals surface area (Å²) < 4.78 is 5.25. The van der Waals surface area contributed by atoms with Crippen molar-refractivity contribution < 1.29 is 19.7 Å². The van der Waals surface area contributed by atoms with E-state index >= 15 is 0 Å². The van der Waals surface area contributed by atoms with E-state index in [2.05, 4.69) is 4.98 Å². The van der Waals surface area contributed by atoms with Crippen LogP contribution in [0, 0.1) is 5.92 Å². The second kappa shape index (κ2) is 5.31. The molecule has 1 atom stereocenters. The van der Waals surface area contributed by atoms with Crippen LogP contribution in [0.4, 0.5) is 0 Å². The second-order valence-corrected chi connectivity index (χ2v) is 3.25. The average Bonchev–Trinajstić information content (AvgIpc) is 2.26. The second-order valence-electron chi connectivity index (χ2n) is 3.25. The summed E-state index contributed by atoms with van der Waals surface area (Å²) in [6, 6.07) is 3.14. The Morgan fingerprint density at radius 1 is 1.67 bits per heavy atom. The van der Waals surface area contributed by atoms with Gasteiger partial charge < -0.3 is 14.9 Å². The lowest BCUT2D eigenvalue weighted by molar-refractivity contribution is 0.0683. The maximum Gasteiger partial charge on any atom is 0.358 e. The summed E-state index contributed by atoms with van der Waals surface area (Å²) in [4.78, 5) is 14.4. The molecule has 0 aliphatic heterocycles. The van der Waals surface area contributed by atoms with Crippen LogP contribution in [0.15, 0.2) is 18.3 Å². The van der Waals surface area contributed by atoms with E-state index < -0.39 is 5.97 Å². The summed E-state index contributed by atoms with van der Waals surface area (Å²) in [5.41, 5.74) is -0.109. The molecule has 1 heterocycles. The number of hydrogen-bond acceptors (Lipinski definition) is 4. The number of aliphatic hydroxyl groups excluding tert-OH is 1. The molecule has 0 fully saturated rings. The van der Waals surface area contributed by atoms with Crippen molar-refractivity contribution in [2.75, 3.05) is 13.2 Å². The molecule has 0 radical (unpaired) electrons. The molecular weight excluding hydrogens is 198 g/mol. The van der Waals surface area contributed by atoms with Crippen LogP contribution in [-0.4, -0.2) is 34.4 Å². The van der Waals surface area contributed by atoms with E-state index in [-0.39, 0.29) is 30.6 Å². The zero-order valence-electron chi connectivity index (χ0n) is 8.38. The largest absolute Gasteiger partial charge is 0.491 e. The first-order valence-electron chi connectivity index (χ1n) is 4.57. The van der Waals surface area contributed by atoms with Gasteiger partial charge in [0.1, 0.15) is 0 Å². The highest BCUT2D eigenvalue weighted by molar-refractivity contribution is 5.88. The fourth-order valence-electron chi connectivity index (χ4n) is 0.952. The molecule has 1 rings (SSSR count). The van der Waals surface area contributed by atoms with Crippen LogP contribution in [0.3, 0.4) is 0 Å². The number of carbonyl (C=O) groups is 1. The Labute approximate surface area is 87.3 Å². The monoisotopic (exact) mass is 211 g/mol. The van der Waals surface area contributed by atoms with Crippen molar-refractivity contribution >= 4 is 5.97 Å². The number of pyridine rings is 1. The van der Waals surface area contributed by atoms with Crippen LogP contribution >= 0.6 is 0 Å². The number of aromatic nitrogens is 1. The summed E-state index contributed by atoms with van der Waals surface area (Å²) in [5.74, 6) is -0.931. The number of aromatic carboxylic acids is 1. The summed E-state index contributed by atoms with van der Waals surface area (Å²) in [6.45, 7) is 2.07. The number of carboxylic acids is 1. The van der Waals surface area contributed by atoms with Gasteiger partial charge in [0.15, 0.2) is 11.4 Å². The molecule has 2 N–H and O–H groups in total. The molecule has 82 valence electrons. The van der Waals surface area contributed by atoms with Crippen molar-refractivity contribution in [3.05, 3.63) is 24.0 Å². The van der Waals surface area contributed by atoms with Crippen molar-refractivity contribution in [3.8, 4) is 5.75 Å². The smallest absolute Gasteiger partial charge is 0.358 e. The van der Waals surface area contributed by atoms with Crippen LogP contribution in [0.1, 0.15) is 17.4 Å². The number of carboxylic acid groups (broad SMARTS) is 1. The zero-order valence-corrected chi connectivity index (χ0v) is 8.38. The van der Waals surface area contributed by atoms with Gasteiger partial charge in [-0.15, -0.1) is 0 Å². The van der Waals surface area contributed by atoms with Gasteiger partial charge in [-0.2, -0.15) is 0 Å². The van der Waals surface area contributed by atoms with Gasteiger partial charge in [0.25, 0.3) is 0 Å². The standard InChI is InChI=1S/C10H13NO4/c1-7(5-12)6-15-8-3-2-4-11-9(8)10(13)14/h2-4,7,12H,5-6H2,1H3,(H,13,14). The molecule has 0 aliphatic rings. The number of hydrogen-bond donors (Lipinski definition) is 2. The summed E-state index contributed by atoms with van der Waals surface area (Å²) in [6.07, 6.45) is 1.39. The van der Waals surface area contributed by atoms with Crippen molar-refractivity contribution in [3.63, 3.8) is 0 Å². The fraction of sp³-hybridized carbons (Fsp3) is 0.400. The molecule has 1 aromatic rings. The molecule has 5 nitrogen and oxygen atoms in total. The van der Waals surface area contributed by atoms with Gasteiger partial charge >= 0.3 is 5.97 Å². The minimum atomic E-state index is -1.12. The average molecular weight is 211 g/mol. The van der Waals surface area contributed by atoms with Gasteiger partial charge in [-0.1, -0.05) is 6.92 Å². The predicted octanol–water partition coefficient (Wildman–Crippen LogP) is 0.787. The van der Waals surface area contributed by atoms with Gasteiger partial charge in [0, 0.05) is 18.7 Å². The minimum absolute atomic E-state index is 0.00265. The van der Waals surface area contributed by atoms with Crippen molar-refractivity contribution in [2.24, 2.45) is 5.92 Å².